The van der Waals surface area contributed by atoms with E-state index < -0.39 is 6.03 Å². The Hall–Kier alpha value is -2.69. The molecule has 1 aliphatic heterocycles. The predicted molar refractivity (Wildman–Crippen MR) is 114 cm³/mol. The van der Waals surface area contributed by atoms with Crippen LogP contribution < -0.4 is 20.3 Å². The van der Waals surface area contributed by atoms with Gasteiger partial charge in [0, 0.05) is 13.1 Å². The van der Waals surface area contributed by atoms with Gasteiger partial charge in [-0.25, -0.2) is 19.7 Å². The lowest BCUT2D eigenvalue weighted by Crippen LogP contribution is -2.37. The second kappa shape index (κ2) is 8.36. The minimum atomic E-state index is -0.435. The molecule has 1 saturated heterocycles. The van der Waals surface area contributed by atoms with Crippen molar-refractivity contribution in [1.82, 2.24) is 15.0 Å². The number of ether oxygens (including phenoxy) is 2. The summed E-state index contributed by atoms with van der Waals surface area (Å²) in [6.07, 6.45) is 3.13. The van der Waals surface area contributed by atoms with Gasteiger partial charge in [0.2, 0.25) is 5.88 Å². The molecular formula is C18H19ClN6O3S. The number of aromatic nitrogens is 3. The van der Waals surface area contributed by atoms with Crippen LogP contribution in [-0.4, -0.2) is 54.4 Å². The summed E-state index contributed by atoms with van der Waals surface area (Å²) in [6.45, 7) is 4.60. The second-order valence-corrected chi connectivity index (χ2v) is 7.89. The Labute approximate surface area is 176 Å². The first-order chi connectivity index (χ1) is 14.0. The number of pyridine rings is 2. The number of hydrogen-bond acceptors (Lipinski definition) is 8. The van der Waals surface area contributed by atoms with Crippen molar-refractivity contribution in [3.8, 4) is 5.88 Å². The smallest absolute Gasteiger partial charge is 0.323 e. The third kappa shape index (κ3) is 4.19. The Bertz CT molecular complexity index is 1050. The zero-order valence-electron chi connectivity index (χ0n) is 15.9. The van der Waals surface area contributed by atoms with Gasteiger partial charge in [-0.15, -0.1) is 0 Å². The Morgan fingerprint density at radius 3 is 2.79 bits per heavy atom. The topological polar surface area (TPSA) is 102 Å². The molecular weight excluding hydrogens is 416 g/mol. The third-order valence-electron chi connectivity index (χ3n) is 4.34. The van der Waals surface area contributed by atoms with Crippen LogP contribution in [-0.2, 0) is 4.74 Å². The standard InChI is InChI=1S/C18H19ClN6O3S/c1-10-22-14-15(25-3-5-28-6-4-25)13(9-21-17(14)29-10)24-18(26)23-11-7-12(19)16(27-2)20-8-11/h7-9H,3-6H2,1-2H3,(H2,23,24,26). The average Bonchev–Trinajstić information content (AvgIpc) is 3.09. The molecule has 9 nitrogen and oxygen atoms in total. The van der Waals surface area contributed by atoms with Gasteiger partial charge < -0.3 is 25.0 Å². The summed E-state index contributed by atoms with van der Waals surface area (Å²) in [4.78, 5) is 28.7. The van der Waals surface area contributed by atoms with Crippen LogP contribution in [0.1, 0.15) is 5.01 Å². The van der Waals surface area contributed by atoms with Gasteiger partial charge in [0.05, 0.1) is 54.8 Å². The van der Waals surface area contributed by atoms with Crippen LogP contribution in [0.5, 0.6) is 5.88 Å². The molecule has 0 saturated carbocycles. The van der Waals surface area contributed by atoms with E-state index in [1.807, 2.05) is 6.92 Å². The molecule has 1 fully saturated rings. The summed E-state index contributed by atoms with van der Waals surface area (Å²) >= 11 is 7.60. The molecule has 0 bridgehead atoms. The number of halogens is 1. The normalized spacial score (nSPS) is 14.1. The van der Waals surface area contributed by atoms with E-state index in [1.165, 1.54) is 24.6 Å². The largest absolute Gasteiger partial charge is 0.480 e. The number of rotatable bonds is 4. The minimum absolute atomic E-state index is 0.292. The van der Waals surface area contributed by atoms with Gasteiger partial charge in [0.15, 0.2) is 0 Å². The molecule has 0 unspecified atom stereocenters. The maximum absolute atomic E-state index is 12.6. The van der Waals surface area contributed by atoms with Crippen LogP contribution in [0.2, 0.25) is 5.02 Å². The number of morpholine rings is 1. The summed E-state index contributed by atoms with van der Waals surface area (Å²) < 4.78 is 10.5. The number of carbonyl (C=O) groups excluding carboxylic acids is 1. The Morgan fingerprint density at radius 2 is 2.07 bits per heavy atom. The number of amides is 2. The average molecular weight is 435 g/mol. The molecule has 0 radical (unpaired) electrons. The predicted octanol–water partition coefficient (Wildman–Crippen LogP) is 3.54. The van der Waals surface area contributed by atoms with Gasteiger partial charge in [-0.3, -0.25) is 0 Å². The summed E-state index contributed by atoms with van der Waals surface area (Å²) in [6, 6.07) is 1.14. The van der Waals surface area contributed by atoms with E-state index in [0.717, 1.165) is 21.0 Å². The molecule has 4 rings (SSSR count). The molecule has 0 aliphatic carbocycles. The van der Waals surface area contributed by atoms with E-state index in [-0.39, 0.29) is 0 Å². The Balaban J connectivity index is 1.61. The maximum Gasteiger partial charge on any atom is 0.323 e. The first-order valence-corrected chi connectivity index (χ1v) is 10.1. The highest BCUT2D eigenvalue weighted by Gasteiger charge is 2.22. The van der Waals surface area contributed by atoms with Gasteiger partial charge in [0.1, 0.15) is 15.4 Å². The molecule has 2 N–H and O–H groups in total. The first-order valence-electron chi connectivity index (χ1n) is 8.91. The van der Waals surface area contributed by atoms with E-state index in [0.29, 0.717) is 48.6 Å². The molecule has 152 valence electrons. The van der Waals surface area contributed by atoms with Gasteiger partial charge in [-0.05, 0) is 13.0 Å². The SMILES string of the molecule is COc1ncc(NC(=O)Nc2cnc3sc(C)nc3c2N2CCOCC2)cc1Cl. The Kier molecular flexibility index (Phi) is 5.65. The molecule has 0 aromatic carbocycles. The molecule has 29 heavy (non-hydrogen) atoms. The van der Waals surface area contributed by atoms with Gasteiger partial charge >= 0.3 is 6.03 Å². The van der Waals surface area contributed by atoms with Crippen molar-refractivity contribution >= 4 is 56.4 Å². The summed E-state index contributed by atoms with van der Waals surface area (Å²) in [7, 11) is 1.48. The fourth-order valence-electron chi connectivity index (χ4n) is 3.10. The second-order valence-electron chi connectivity index (χ2n) is 6.30. The number of nitrogens with one attached hydrogen (secondary N) is 2. The third-order valence-corrected chi connectivity index (χ3v) is 5.49. The van der Waals surface area contributed by atoms with Gasteiger partial charge in [-0.1, -0.05) is 22.9 Å². The highest BCUT2D eigenvalue weighted by Crippen LogP contribution is 2.36. The number of carbonyl (C=O) groups is 1. The van der Waals surface area contributed by atoms with Crippen molar-refractivity contribution in [2.45, 2.75) is 6.92 Å². The maximum atomic E-state index is 12.6. The van der Waals surface area contributed by atoms with Crippen LogP contribution in [0.25, 0.3) is 10.3 Å². The first kappa shape index (κ1) is 19.6. The molecule has 3 aromatic rings. The number of methoxy groups -OCH3 is 1. The lowest BCUT2D eigenvalue weighted by atomic mass is 10.2. The van der Waals surface area contributed by atoms with Crippen molar-refractivity contribution in [2.24, 2.45) is 0 Å². The molecule has 3 aromatic heterocycles. The fraction of sp³-hybridized carbons (Fsp3) is 0.333. The number of thiazole rings is 1. The number of hydrogen-bond donors (Lipinski definition) is 2. The van der Waals surface area contributed by atoms with Crippen molar-refractivity contribution in [2.75, 3.05) is 48.9 Å². The van der Waals surface area contributed by atoms with Crippen LogP contribution >= 0.6 is 22.9 Å². The number of aryl methyl sites for hydroxylation is 1. The van der Waals surface area contributed by atoms with Crippen LogP contribution in [0.15, 0.2) is 18.5 Å². The monoisotopic (exact) mass is 434 g/mol. The highest BCUT2D eigenvalue weighted by atomic mass is 35.5. The molecule has 1 aliphatic rings. The summed E-state index contributed by atoms with van der Waals surface area (Å²) in [5.41, 5.74) is 2.65. The number of nitrogens with zero attached hydrogens (tertiary/aromatic N) is 4. The van der Waals surface area contributed by atoms with Crippen LogP contribution in [0.4, 0.5) is 21.9 Å². The number of urea groups is 1. The van der Waals surface area contributed by atoms with E-state index in [1.54, 1.807) is 12.3 Å². The molecule has 0 atom stereocenters. The lowest BCUT2D eigenvalue weighted by Gasteiger charge is -2.30. The summed E-state index contributed by atoms with van der Waals surface area (Å²) in [5.74, 6) is 0.292. The quantitative estimate of drug-likeness (QED) is 0.647. The number of fused-ring (bicyclic) bond motifs is 1. The van der Waals surface area contributed by atoms with Crippen LogP contribution in [0, 0.1) is 6.92 Å². The van der Waals surface area contributed by atoms with Gasteiger partial charge in [-0.2, -0.15) is 0 Å². The molecule has 0 spiro atoms. The van der Waals surface area contributed by atoms with E-state index >= 15 is 0 Å². The minimum Gasteiger partial charge on any atom is -0.480 e. The summed E-state index contributed by atoms with van der Waals surface area (Å²) in [5, 5.41) is 6.82. The molecule has 11 heteroatoms. The van der Waals surface area contributed by atoms with Crippen molar-refractivity contribution in [3.63, 3.8) is 0 Å². The Morgan fingerprint density at radius 1 is 1.28 bits per heavy atom. The van der Waals surface area contributed by atoms with E-state index in [9.17, 15) is 4.79 Å². The van der Waals surface area contributed by atoms with E-state index in [2.05, 4.69) is 30.5 Å². The number of anilines is 3. The molecule has 4 heterocycles. The van der Waals surface area contributed by atoms with Crippen molar-refractivity contribution in [3.05, 3.63) is 28.5 Å². The molecule has 2 amide bonds. The fourth-order valence-corrected chi connectivity index (χ4v) is 4.10. The van der Waals surface area contributed by atoms with Crippen molar-refractivity contribution in [1.29, 1.82) is 0 Å². The zero-order valence-corrected chi connectivity index (χ0v) is 17.4. The lowest BCUT2D eigenvalue weighted by molar-refractivity contribution is 0.123. The zero-order chi connectivity index (χ0) is 20.4. The highest BCUT2D eigenvalue weighted by molar-refractivity contribution is 7.18. The van der Waals surface area contributed by atoms with Gasteiger partial charge in [0.25, 0.3) is 0 Å². The van der Waals surface area contributed by atoms with E-state index in [4.69, 9.17) is 21.1 Å². The van der Waals surface area contributed by atoms with Crippen LogP contribution in [0.3, 0.4) is 0 Å². The van der Waals surface area contributed by atoms with Crippen molar-refractivity contribution < 1.29 is 14.3 Å².